The lowest BCUT2D eigenvalue weighted by molar-refractivity contribution is -0.0663. The fourth-order valence-corrected chi connectivity index (χ4v) is 5.22. The molecule has 2 fully saturated rings. The molecule has 4 rings (SSSR count). The maximum Gasteiger partial charge on any atom is 0.494 e. The number of carbonyl (C=O) groups is 1. The van der Waals surface area contributed by atoms with E-state index in [0.29, 0.717) is 19.4 Å². The van der Waals surface area contributed by atoms with Crippen molar-refractivity contribution in [1.29, 1.82) is 0 Å². The Kier molecular flexibility index (Phi) is 7.06. The van der Waals surface area contributed by atoms with Crippen molar-refractivity contribution in [2.75, 3.05) is 6.54 Å². The second-order valence-electron chi connectivity index (χ2n) is 11.9. The summed E-state index contributed by atoms with van der Waals surface area (Å²) in [5.74, 6) is 0. The Labute approximate surface area is 216 Å². The molecular formula is C29H40BNO5. The smallest absolute Gasteiger partial charge is 0.438 e. The third-order valence-corrected chi connectivity index (χ3v) is 7.93. The van der Waals surface area contributed by atoms with Gasteiger partial charge in [-0.15, -0.1) is 0 Å². The van der Waals surface area contributed by atoms with Crippen molar-refractivity contribution < 1.29 is 23.9 Å². The van der Waals surface area contributed by atoms with E-state index in [-0.39, 0.29) is 12.1 Å². The van der Waals surface area contributed by atoms with Crippen LogP contribution in [0.4, 0.5) is 4.79 Å². The molecule has 36 heavy (non-hydrogen) atoms. The Hall–Kier alpha value is -2.35. The Bertz CT molecular complexity index is 1050. The lowest BCUT2D eigenvalue weighted by atomic mass is 9.78. The summed E-state index contributed by atoms with van der Waals surface area (Å²) in [6, 6.07) is 17.7. The summed E-state index contributed by atoms with van der Waals surface area (Å²) in [6.45, 7) is 14.3. The van der Waals surface area contributed by atoms with Crippen molar-refractivity contribution in [3.8, 4) is 0 Å². The molecule has 1 amide bonds. The van der Waals surface area contributed by atoms with Crippen molar-refractivity contribution in [2.24, 2.45) is 0 Å². The first-order chi connectivity index (χ1) is 16.7. The second kappa shape index (κ2) is 9.51. The first kappa shape index (κ1) is 26.7. The Morgan fingerprint density at radius 1 is 1.00 bits per heavy atom. The van der Waals surface area contributed by atoms with Crippen LogP contribution in [-0.4, -0.2) is 46.6 Å². The van der Waals surface area contributed by atoms with E-state index in [2.05, 4.69) is 0 Å². The minimum absolute atomic E-state index is 0.168. The minimum Gasteiger partial charge on any atom is -0.438 e. The lowest BCUT2D eigenvalue weighted by Crippen LogP contribution is -2.41. The predicted octanol–water partition coefficient (Wildman–Crippen LogP) is 5.34. The molecule has 0 spiro atoms. The predicted molar refractivity (Wildman–Crippen MR) is 142 cm³/mol. The summed E-state index contributed by atoms with van der Waals surface area (Å²) in [7, 11) is -0.421. The van der Waals surface area contributed by atoms with E-state index >= 15 is 0 Å². The number of amides is 1. The van der Waals surface area contributed by atoms with Crippen molar-refractivity contribution in [3.05, 3.63) is 65.7 Å². The van der Waals surface area contributed by atoms with Crippen LogP contribution in [0.1, 0.15) is 84.9 Å². The number of ether oxygens (including phenoxy) is 1. The van der Waals surface area contributed by atoms with Crippen LogP contribution in [0.25, 0.3) is 0 Å². The quantitative estimate of drug-likeness (QED) is 0.551. The number of hydrogen-bond acceptors (Lipinski definition) is 5. The van der Waals surface area contributed by atoms with Gasteiger partial charge in [0.25, 0.3) is 0 Å². The third kappa shape index (κ3) is 5.34. The van der Waals surface area contributed by atoms with Gasteiger partial charge in [0.15, 0.2) is 0 Å². The highest BCUT2D eigenvalue weighted by Gasteiger charge is 2.51. The summed E-state index contributed by atoms with van der Waals surface area (Å²) in [6.07, 6.45) is 1.40. The number of aliphatic hydroxyl groups is 1. The van der Waals surface area contributed by atoms with Gasteiger partial charge in [0.2, 0.25) is 0 Å². The number of hydrogen-bond donors (Lipinski definition) is 1. The van der Waals surface area contributed by atoms with Crippen LogP contribution in [0.5, 0.6) is 0 Å². The molecule has 0 aromatic heterocycles. The molecule has 6 nitrogen and oxygen atoms in total. The van der Waals surface area contributed by atoms with Gasteiger partial charge in [0.1, 0.15) is 5.60 Å². The van der Waals surface area contributed by atoms with Crippen molar-refractivity contribution in [2.45, 2.75) is 96.2 Å². The summed E-state index contributed by atoms with van der Waals surface area (Å²) in [4.78, 5) is 15.3. The molecular weight excluding hydrogens is 453 g/mol. The molecule has 2 aliphatic rings. The van der Waals surface area contributed by atoms with Crippen molar-refractivity contribution >= 4 is 18.7 Å². The molecule has 1 unspecified atom stereocenters. The van der Waals surface area contributed by atoms with Gasteiger partial charge in [-0.25, -0.2) is 4.79 Å². The highest BCUT2D eigenvalue weighted by molar-refractivity contribution is 6.62. The van der Waals surface area contributed by atoms with E-state index in [1.165, 1.54) is 0 Å². The van der Waals surface area contributed by atoms with E-state index < -0.39 is 29.5 Å². The summed E-state index contributed by atoms with van der Waals surface area (Å²) < 4.78 is 18.6. The van der Waals surface area contributed by atoms with Gasteiger partial charge in [0, 0.05) is 13.0 Å². The van der Waals surface area contributed by atoms with Crippen LogP contribution < -0.4 is 5.46 Å². The van der Waals surface area contributed by atoms with Gasteiger partial charge in [-0.1, -0.05) is 54.6 Å². The van der Waals surface area contributed by atoms with Crippen molar-refractivity contribution in [1.82, 2.24) is 4.90 Å². The first-order valence-electron chi connectivity index (χ1n) is 13.0. The molecule has 2 aromatic rings. The van der Waals surface area contributed by atoms with E-state index in [1.807, 2.05) is 89.2 Å². The zero-order valence-corrected chi connectivity index (χ0v) is 22.7. The first-order valence-corrected chi connectivity index (χ1v) is 13.0. The zero-order chi connectivity index (χ0) is 26.4. The molecule has 2 aromatic carbocycles. The number of cyclic esters (lactones) is 1. The highest BCUT2D eigenvalue weighted by atomic mass is 16.7. The fraction of sp³-hybridized carbons (Fsp3) is 0.552. The normalized spacial score (nSPS) is 24.8. The molecule has 1 N–H and O–H groups in total. The maximum absolute atomic E-state index is 13.5. The van der Waals surface area contributed by atoms with Crippen LogP contribution >= 0.6 is 0 Å². The molecule has 2 heterocycles. The summed E-state index contributed by atoms with van der Waals surface area (Å²) >= 11 is 0. The molecule has 0 bridgehead atoms. The zero-order valence-electron chi connectivity index (χ0n) is 22.7. The standard InChI is InChI=1S/C29H40BNO5/c1-21(22-14-16-24(17-15-22)30-35-27(4,5)28(6,7)36-30)31-19-11-18-29(34-25(31)32,20-26(2,3)33)23-12-9-8-10-13-23/h8-10,12-17,21,33H,11,18-20H2,1-7H3/t21-,29?/m0/s1. The van der Waals surface area contributed by atoms with Crippen LogP contribution in [0.2, 0.25) is 0 Å². The van der Waals surface area contributed by atoms with Crippen LogP contribution in [0, 0.1) is 0 Å². The lowest BCUT2D eigenvalue weighted by Gasteiger charge is -2.37. The fourth-order valence-electron chi connectivity index (χ4n) is 5.22. The topological polar surface area (TPSA) is 68.2 Å². The molecule has 2 saturated heterocycles. The highest BCUT2D eigenvalue weighted by Crippen LogP contribution is 2.42. The van der Waals surface area contributed by atoms with Gasteiger partial charge < -0.3 is 24.1 Å². The molecule has 0 radical (unpaired) electrons. The van der Waals surface area contributed by atoms with Gasteiger partial charge in [-0.3, -0.25) is 0 Å². The Morgan fingerprint density at radius 3 is 2.14 bits per heavy atom. The van der Waals surface area contributed by atoms with E-state index in [4.69, 9.17) is 14.0 Å². The molecule has 194 valence electrons. The van der Waals surface area contributed by atoms with Crippen molar-refractivity contribution in [3.63, 3.8) is 0 Å². The molecule has 2 atom stereocenters. The van der Waals surface area contributed by atoms with Crippen LogP contribution in [0.3, 0.4) is 0 Å². The van der Waals surface area contributed by atoms with Gasteiger partial charge in [-0.2, -0.15) is 0 Å². The number of benzene rings is 2. The largest absolute Gasteiger partial charge is 0.494 e. The molecule has 2 aliphatic heterocycles. The van der Waals surface area contributed by atoms with E-state index in [1.54, 1.807) is 18.7 Å². The number of nitrogens with zero attached hydrogens (tertiary/aromatic N) is 1. The second-order valence-corrected chi connectivity index (χ2v) is 11.9. The Balaban J connectivity index is 1.53. The average molecular weight is 493 g/mol. The monoisotopic (exact) mass is 493 g/mol. The van der Waals surface area contributed by atoms with Gasteiger partial charge in [-0.05, 0) is 77.9 Å². The average Bonchev–Trinajstić information content (AvgIpc) is 2.91. The van der Waals surface area contributed by atoms with E-state index in [9.17, 15) is 9.90 Å². The SMILES string of the molecule is C[C@@H](c1ccc(B2OC(C)(C)C(C)(C)O2)cc1)N1CCCC(CC(C)(C)O)(c2ccccc2)OC1=O. The van der Waals surface area contributed by atoms with Gasteiger partial charge >= 0.3 is 13.2 Å². The summed E-state index contributed by atoms with van der Waals surface area (Å²) in [5.41, 5.74) is 0.244. The van der Waals surface area contributed by atoms with Crippen LogP contribution in [-0.2, 0) is 19.6 Å². The summed E-state index contributed by atoms with van der Waals surface area (Å²) in [5, 5.41) is 10.7. The van der Waals surface area contributed by atoms with E-state index in [0.717, 1.165) is 23.0 Å². The van der Waals surface area contributed by atoms with Gasteiger partial charge in [0.05, 0.1) is 22.8 Å². The molecule has 0 saturated carbocycles. The number of carbonyl (C=O) groups excluding carboxylic acids is 1. The molecule has 7 heteroatoms. The van der Waals surface area contributed by atoms with Crippen LogP contribution in [0.15, 0.2) is 54.6 Å². The third-order valence-electron chi connectivity index (χ3n) is 7.93. The minimum atomic E-state index is -0.986. The Morgan fingerprint density at radius 2 is 1.58 bits per heavy atom. The maximum atomic E-state index is 13.5. The number of rotatable bonds is 6. The molecule has 0 aliphatic carbocycles.